The third-order valence-corrected chi connectivity index (χ3v) is 4.79. The molecule has 0 saturated carbocycles. The molecule has 0 radical (unpaired) electrons. The Balaban J connectivity index is 1.96. The first-order valence-electron chi connectivity index (χ1n) is 8.78. The first-order valence-corrected chi connectivity index (χ1v) is 9.66. The maximum atomic E-state index is 12.1. The Labute approximate surface area is 165 Å². The summed E-state index contributed by atoms with van der Waals surface area (Å²) in [5.74, 6) is -0.719. The number of alkyl halides is 3. The quantitative estimate of drug-likeness (QED) is 0.617. The molecule has 3 amide bonds. The molecule has 0 fully saturated rings. The van der Waals surface area contributed by atoms with Crippen molar-refractivity contribution in [1.29, 1.82) is 0 Å². The standard InChI is InChI=1S/C19H22F3N3O2S/c1-2-4-13-6-8-14(9-7-13)17(15-5-3-10-28-15)23-11-16(26)25-18(27)24-12-19(20,21)22/h3,5-10,17,23H,2,4,11-12H2,1H3,(H2,24,25,26,27)/t17-/m1/s1. The van der Waals surface area contributed by atoms with Crippen LogP contribution >= 0.6 is 11.3 Å². The molecular formula is C19H22F3N3O2S. The van der Waals surface area contributed by atoms with Crippen molar-refractivity contribution >= 4 is 23.3 Å². The van der Waals surface area contributed by atoms with Gasteiger partial charge in [0.05, 0.1) is 12.6 Å². The van der Waals surface area contributed by atoms with Crippen molar-refractivity contribution in [3.05, 3.63) is 57.8 Å². The van der Waals surface area contributed by atoms with E-state index in [9.17, 15) is 22.8 Å². The van der Waals surface area contributed by atoms with Gasteiger partial charge in [-0.25, -0.2) is 4.79 Å². The highest BCUT2D eigenvalue weighted by atomic mass is 32.1. The van der Waals surface area contributed by atoms with E-state index in [1.54, 1.807) is 5.32 Å². The number of benzene rings is 1. The van der Waals surface area contributed by atoms with Crippen molar-refractivity contribution in [1.82, 2.24) is 16.0 Å². The number of carbonyl (C=O) groups excluding carboxylic acids is 2. The molecular weight excluding hydrogens is 391 g/mol. The van der Waals surface area contributed by atoms with Gasteiger partial charge in [-0.15, -0.1) is 11.3 Å². The van der Waals surface area contributed by atoms with E-state index in [1.807, 2.05) is 47.1 Å². The lowest BCUT2D eigenvalue weighted by Gasteiger charge is -2.18. The van der Waals surface area contributed by atoms with Crippen molar-refractivity contribution in [2.24, 2.45) is 0 Å². The minimum atomic E-state index is -4.53. The summed E-state index contributed by atoms with van der Waals surface area (Å²) in [6.45, 7) is 0.383. The van der Waals surface area contributed by atoms with Gasteiger partial charge in [-0.2, -0.15) is 13.2 Å². The van der Waals surface area contributed by atoms with Crippen LogP contribution in [0.4, 0.5) is 18.0 Å². The fourth-order valence-corrected chi connectivity index (χ4v) is 3.42. The molecule has 0 saturated heterocycles. The fraction of sp³-hybridized carbons (Fsp3) is 0.368. The van der Waals surface area contributed by atoms with Crippen LogP contribution in [0.3, 0.4) is 0 Å². The lowest BCUT2D eigenvalue weighted by molar-refractivity contribution is -0.124. The number of aryl methyl sites for hydroxylation is 1. The third kappa shape index (κ3) is 7.32. The lowest BCUT2D eigenvalue weighted by Crippen LogP contribution is -2.46. The molecule has 1 atom stereocenters. The molecule has 2 rings (SSSR count). The van der Waals surface area contributed by atoms with E-state index in [2.05, 4.69) is 12.2 Å². The average Bonchev–Trinajstić information content (AvgIpc) is 3.15. The predicted octanol–water partition coefficient (Wildman–Crippen LogP) is 3.77. The van der Waals surface area contributed by atoms with Gasteiger partial charge in [0.25, 0.3) is 0 Å². The van der Waals surface area contributed by atoms with Crippen molar-refractivity contribution < 1.29 is 22.8 Å². The molecule has 28 heavy (non-hydrogen) atoms. The maximum Gasteiger partial charge on any atom is 0.405 e. The molecule has 0 unspecified atom stereocenters. The molecule has 0 aliphatic heterocycles. The molecule has 0 aliphatic rings. The van der Waals surface area contributed by atoms with Gasteiger partial charge in [0.15, 0.2) is 0 Å². The Morgan fingerprint density at radius 2 is 1.86 bits per heavy atom. The molecule has 152 valence electrons. The first kappa shape index (κ1) is 21.9. The Bertz CT molecular complexity index is 762. The highest BCUT2D eigenvalue weighted by Crippen LogP contribution is 2.26. The summed E-state index contributed by atoms with van der Waals surface area (Å²) >= 11 is 1.52. The van der Waals surface area contributed by atoms with Crippen LogP contribution in [0.1, 0.15) is 35.4 Å². The molecule has 1 heterocycles. The highest BCUT2D eigenvalue weighted by Gasteiger charge is 2.28. The summed E-state index contributed by atoms with van der Waals surface area (Å²) in [6, 6.07) is 10.4. The Morgan fingerprint density at radius 1 is 1.14 bits per heavy atom. The van der Waals surface area contributed by atoms with E-state index in [4.69, 9.17) is 0 Å². The van der Waals surface area contributed by atoms with Crippen LogP contribution in [0.5, 0.6) is 0 Å². The number of carbonyl (C=O) groups is 2. The Kier molecular flexibility index (Phi) is 8.01. The number of nitrogens with one attached hydrogen (secondary N) is 3. The summed E-state index contributed by atoms with van der Waals surface area (Å²) in [7, 11) is 0. The number of urea groups is 1. The predicted molar refractivity (Wildman–Crippen MR) is 102 cm³/mol. The first-order chi connectivity index (χ1) is 13.3. The van der Waals surface area contributed by atoms with Crippen LogP contribution in [-0.2, 0) is 11.2 Å². The van der Waals surface area contributed by atoms with E-state index < -0.39 is 24.7 Å². The van der Waals surface area contributed by atoms with Gasteiger partial charge in [-0.3, -0.25) is 15.4 Å². The van der Waals surface area contributed by atoms with Gasteiger partial charge in [-0.1, -0.05) is 43.7 Å². The third-order valence-electron chi connectivity index (χ3n) is 3.85. The number of imide groups is 1. The minimum absolute atomic E-state index is 0.223. The van der Waals surface area contributed by atoms with Gasteiger partial charge in [0, 0.05) is 4.88 Å². The smallest absolute Gasteiger partial charge is 0.329 e. The van der Waals surface area contributed by atoms with E-state index in [0.29, 0.717) is 0 Å². The maximum absolute atomic E-state index is 12.1. The monoisotopic (exact) mass is 413 g/mol. The molecule has 0 bridgehead atoms. The number of rotatable bonds is 8. The second kappa shape index (κ2) is 10.2. The number of hydrogen-bond acceptors (Lipinski definition) is 4. The number of amides is 3. The van der Waals surface area contributed by atoms with Crippen molar-refractivity contribution in [3.63, 3.8) is 0 Å². The molecule has 1 aromatic heterocycles. The van der Waals surface area contributed by atoms with Gasteiger partial charge < -0.3 is 5.32 Å². The topological polar surface area (TPSA) is 70.2 Å². The summed E-state index contributed by atoms with van der Waals surface area (Å²) in [4.78, 5) is 24.3. The SMILES string of the molecule is CCCc1ccc([C@@H](NCC(=O)NC(=O)NCC(F)(F)F)c2cccs2)cc1. The Morgan fingerprint density at radius 3 is 2.43 bits per heavy atom. The average molecular weight is 413 g/mol. The van der Waals surface area contributed by atoms with Crippen LogP contribution in [0.2, 0.25) is 0 Å². The summed E-state index contributed by atoms with van der Waals surface area (Å²) in [5.41, 5.74) is 2.17. The van der Waals surface area contributed by atoms with Crippen molar-refractivity contribution in [3.8, 4) is 0 Å². The van der Waals surface area contributed by atoms with Crippen LogP contribution in [0.25, 0.3) is 0 Å². The zero-order valence-corrected chi connectivity index (χ0v) is 16.1. The normalized spacial score (nSPS) is 12.4. The molecule has 5 nitrogen and oxygen atoms in total. The van der Waals surface area contributed by atoms with Crippen LogP contribution in [0.15, 0.2) is 41.8 Å². The van der Waals surface area contributed by atoms with E-state index in [1.165, 1.54) is 16.9 Å². The summed E-state index contributed by atoms with van der Waals surface area (Å²) in [5, 5.41) is 8.46. The van der Waals surface area contributed by atoms with Crippen LogP contribution < -0.4 is 16.0 Å². The van der Waals surface area contributed by atoms with Gasteiger partial charge >= 0.3 is 12.2 Å². The largest absolute Gasteiger partial charge is 0.405 e. The minimum Gasteiger partial charge on any atom is -0.329 e. The molecule has 3 N–H and O–H groups in total. The van der Waals surface area contributed by atoms with Crippen molar-refractivity contribution in [2.75, 3.05) is 13.1 Å². The number of hydrogen-bond donors (Lipinski definition) is 3. The molecule has 0 aliphatic carbocycles. The molecule has 0 spiro atoms. The summed E-state index contributed by atoms with van der Waals surface area (Å²) in [6.07, 6.45) is -2.51. The van der Waals surface area contributed by atoms with Crippen LogP contribution in [0, 0.1) is 0 Å². The zero-order chi connectivity index (χ0) is 20.6. The van der Waals surface area contributed by atoms with E-state index in [0.717, 1.165) is 23.3 Å². The molecule has 2 aromatic rings. The zero-order valence-electron chi connectivity index (χ0n) is 15.3. The van der Waals surface area contributed by atoms with Crippen LogP contribution in [-0.4, -0.2) is 31.2 Å². The molecule has 9 heteroatoms. The number of halogens is 3. The fourth-order valence-electron chi connectivity index (χ4n) is 2.59. The Hall–Kier alpha value is -2.39. The van der Waals surface area contributed by atoms with E-state index in [-0.39, 0.29) is 12.6 Å². The van der Waals surface area contributed by atoms with Gasteiger partial charge in [0.2, 0.25) is 5.91 Å². The second-order valence-corrected chi connectivity index (χ2v) is 7.15. The number of thiophene rings is 1. The van der Waals surface area contributed by atoms with E-state index >= 15 is 0 Å². The lowest BCUT2D eigenvalue weighted by atomic mass is 10.0. The highest BCUT2D eigenvalue weighted by molar-refractivity contribution is 7.10. The van der Waals surface area contributed by atoms with Gasteiger partial charge in [0.1, 0.15) is 6.54 Å². The van der Waals surface area contributed by atoms with Crippen molar-refractivity contribution in [2.45, 2.75) is 32.0 Å². The second-order valence-electron chi connectivity index (χ2n) is 6.17. The van der Waals surface area contributed by atoms with Gasteiger partial charge in [-0.05, 0) is 29.0 Å². The summed E-state index contributed by atoms with van der Waals surface area (Å²) < 4.78 is 36.3. The molecule has 1 aromatic carbocycles.